The summed E-state index contributed by atoms with van der Waals surface area (Å²) in [6.07, 6.45) is 0.284. The van der Waals surface area contributed by atoms with Gasteiger partial charge in [0, 0.05) is 12.0 Å². The Morgan fingerprint density at radius 2 is 1.93 bits per heavy atom. The molecule has 0 aliphatic carbocycles. The monoisotopic (exact) mass is 213 g/mol. The molecular formula is C10H19N3O2. The van der Waals surface area contributed by atoms with Crippen LogP contribution in [0.1, 0.15) is 39.4 Å². The Bertz CT molecular complexity index is 326. The molecule has 1 unspecified atom stereocenters. The molecule has 0 aromatic carbocycles. The van der Waals surface area contributed by atoms with Crippen LogP contribution >= 0.6 is 0 Å². The lowest BCUT2D eigenvalue weighted by atomic mass is 9.96. The second-order valence-electron chi connectivity index (χ2n) is 5.14. The smallest absolute Gasteiger partial charge is 0.229 e. The second-order valence-corrected chi connectivity index (χ2v) is 5.14. The topological polar surface area (TPSA) is 85.2 Å². The van der Waals surface area contributed by atoms with E-state index in [0.29, 0.717) is 11.7 Å². The highest BCUT2D eigenvalue weighted by molar-refractivity contribution is 5.01. The lowest BCUT2D eigenvalue weighted by Crippen LogP contribution is -2.36. The third kappa shape index (κ3) is 3.28. The highest BCUT2D eigenvalue weighted by Crippen LogP contribution is 2.19. The number of rotatable bonds is 3. The van der Waals surface area contributed by atoms with Gasteiger partial charge in [-0.3, -0.25) is 0 Å². The first kappa shape index (κ1) is 12.1. The average molecular weight is 213 g/mol. The number of hydrogen-bond donors (Lipinski definition) is 2. The van der Waals surface area contributed by atoms with E-state index in [1.54, 1.807) is 6.92 Å². The number of nitrogens with two attached hydrogens (primary N) is 1. The van der Waals surface area contributed by atoms with E-state index < -0.39 is 5.60 Å². The van der Waals surface area contributed by atoms with E-state index in [2.05, 4.69) is 10.1 Å². The maximum absolute atomic E-state index is 9.74. The maximum Gasteiger partial charge on any atom is 0.229 e. The third-order valence-electron chi connectivity index (χ3n) is 2.11. The van der Waals surface area contributed by atoms with Crippen molar-refractivity contribution in [3.63, 3.8) is 0 Å². The van der Waals surface area contributed by atoms with Gasteiger partial charge >= 0.3 is 0 Å². The highest BCUT2D eigenvalue weighted by atomic mass is 16.5. The lowest BCUT2D eigenvalue weighted by Gasteiger charge is -2.17. The zero-order valence-electron chi connectivity index (χ0n) is 9.74. The maximum atomic E-state index is 9.74. The van der Waals surface area contributed by atoms with Crippen molar-refractivity contribution in [2.45, 2.75) is 45.1 Å². The summed E-state index contributed by atoms with van der Waals surface area (Å²) < 4.78 is 5.05. The van der Waals surface area contributed by atoms with Crippen molar-refractivity contribution in [1.82, 2.24) is 10.1 Å². The van der Waals surface area contributed by atoms with Crippen molar-refractivity contribution in [2.75, 3.05) is 6.54 Å². The molecule has 15 heavy (non-hydrogen) atoms. The van der Waals surface area contributed by atoms with Gasteiger partial charge in [-0.1, -0.05) is 25.9 Å². The standard InChI is InChI=1S/C10H19N3O2/c1-9(2,3)8-12-7(15-13-8)5-10(4,14)6-11/h14H,5-6,11H2,1-4H3. The van der Waals surface area contributed by atoms with Gasteiger partial charge < -0.3 is 15.4 Å². The molecule has 86 valence electrons. The van der Waals surface area contributed by atoms with E-state index in [1.807, 2.05) is 20.8 Å². The van der Waals surface area contributed by atoms with Crippen molar-refractivity contribution in [3.05, 3.63) is 11.7 Å². The fourth-order valence-electron chi connectivity index (χ4n) is 1.03. The first-order valence-electron chi connectivity index (χ1n) is 5.00. The number of nitrogens with zero attached hydrogens (tertiary/aromatic N) is 2. The molecule has 1 atom stereocenters. The molecule has 1 aromatic heterocycles. The van der Waals surface area contributed by atoms with E-state index >= 15 is 0 Å². The van der Waals surface area contributed by atoms with Crippen LogP contribution in [0, 0.1) is 0 Å². The number of aliphatic hydroxyl groups is 1. The zero-order valence-corrected chi connectivity index (χ0v) is 9.74. The Morgan fingerprint density at radius 1 is 1.33 bits per heavy atom. The van der Waals surface area contributed by atoms with Gasteiger partial charge in [0.2, 0.25) is 5.89 Å². The molecule has 0 amide bonds. The molecule has 1 heterocycles. The molecule has 1 rings (SSSR count). The molecule has 0 radical (unpaired) electrons. The molecule has 1 aromatic rings. The predicted octanol–water partition coefficient (Wildman–Crippen LogP) is 0.619. The zero-order chi connectivity index (χ0) is 11.7. The van der Waals surface area contributed by atoms with Gasteiger partial charge in [0.05, 0.1) is 12.0 Å². The fraction of sp³-hybridized carbons (Fsp3) is 0.800. The first-order chi connectivity index (χ1) is 6.74. The Labute approximate surface area is 89.7 Å². The molecule has 5 nitrogen and oxygen atoms in total. The van der Waals surface area contributed by atoms with Crippen LogP contribution in [0.2, 0.25) is 0 Å². The minimum atomic E-state index is -0.984. The van der Waals surface area contributed by atoms with E-state index in [0.717, 1.165) is 0 Å². The summed E-state index contributed by atoms with van der Waals surface area (Å²) in [5.74, 6) is 1.07. The van der Waals surface area contributed by atoms with Gasteiger partial charge in [0.15, 0.2) is 5.82 Å². The van der Waals surface area contributed by atoms with E-state index in [9.17, 15) is 5.11 Å². The normalized spacial score (nSPS) is 16.4. The van der Waals surface area contributed by atoms with Crippen LogP contribution in [0.15, 0.2) is 4.52 Å². The summed E-state index contributed by atoms with van der Waals surface area (Å²) >= 11 is 0. The van der Waals surface area contributed by atoms with Gasteiger partial charge in [-0.15, -0.1) is 0 Å². The van der Waals surface area contributed by atoms with Crippen LogP contribution in [0.5, 0.6) is 0 Å². The van der Waals surface area contributed by atoms with Gasteiger partial charge in [0.25, 0.3) is 0 Å². The average Bonchev–Trinajstić information content (AvgIpc) is 2.51. The van der Waals surface area contributed by atoms with Crippen molar-refractivity contribution < 1.29 is 9.63 Å². The van der Waals surface area contributed by atoms with Crippen LogP contribution in [0.3, 0.4) is 0 Å². The lowest BCUT2D eigenvalue weighted by molar-refractivity contribution is 0.0610. The van der Waals surface area contributed by atoms with E-state index in [4.69, 9.17) is 10.3 Å². The fourth-order valence-corrected chi connectivity index (χ4v) is 1.03. The summed E-state index contributed by atoms with van der Waals surface area (Å²) in [6.45, 7) is 7.82. The molecular weight excluding hydrogens is 194 g/mol. The third-order valence-corrected chi connectivity index (χ3v) is 2.11. The van der Waals surface area contributed by atoms with Crippen molar-refractivity contribution in [3.8, 4) is 0 Å². The Morgan fingerprint density at radius 3 is 2.33 bits per heavy atom. The Balaban J connectivity index is 2.78. The van der Waals surface area contributed by atoms with E-state index in [1.165, 1.54) is 0 Å². The quantitative estimate of drug-likeness (QED) is 0.768. The SMILES string of the molecule is CC(O)(CN)Cc1nc(C(C)(C)C)no1. The van der Waals surface area contributed by atoms with Crippen LogP contribution in [0.4, 0.5) is 0 Å². The first-order valence-corrected chi connectivity index (χ1v) is 5.00. The predicted molar refractivity (Wildman–Crippen MR) is 56.4 cm³/mol. The van der Waals surface area contributed by atoms with Crippen LogP contribution in [-0.4, -0.2) is 27.4 Å². The summed E-state index contributed by atoms with van der Waals surface area (Å²) in [5, 5.41) is 13.6. The molecule has 0 fully saturated rings. The summed E-state index contributed by atoms with van der Waals surface area (Å²) in [4.78, 5) is 4.22. The van der Waals surface area contributed by atoms with Gasteiger partial charge in [-0.25, -0.2) is 0 Å². The Kier molecular flexibility index (Phi) is 3.16. The van der Waals surface area contributed by atoms with Crippen molar-refractivity contribution in [2.24, 2.45) is 5.73 Å². The van der Waals surface area contributed by atoms with Crippen molar-refractivity contribution >= 4 is 0 Å². The summed E-state index contributed by atoms with van der Waals surface area (Å²) in [7, 11) is 0. The highest BCUT2D eigenvalue weighted by Gasteiger charge is 2.25. The van der Waals surface area contributed by atoms with Gasteiger partial charge in [-0.2, -0.15) is 4.98 Å². The summed E-state index contributed by atoms with van der Waals surface area (Å²) in [6, 6.07) is 0. The Hall–Kier alpha value is -0.940. The van der Waals surface area contributed by atoms with Crippen LogP contribution < -0.4 is 5.73 Å². The second kappa shape index (κ2) is 3.90. The molecule has 0 saturated carbocycles. The van der Waals surface area contributed by atoms with Gasteiger partial charge in [0.1, 0.15) is 0 Å². The minimum absolute atomic E-state index is 0.143. The molecule has 0 aliphatic heterocycles. The minimum Gasteiger partial charge on any atom is -0.388 e. The van der Waals surface area contributed by atoms with E-state index in [-0.39, 0.29) is 18.4 Å². The van der Waals surface area contributed by atoms with Crippen LogP contribution in [-0.2, 0) is 11.8 Å². The molecule has 0 aliphatic rings. The summed E-state index contributed by atoms with van der Waals surface area (Å²) in [5.41, 5.74) is 4.28. The van der Waals surface area contributed by atoms with Gasteiger partial charge in [-0.05, 0) is 6.92 Å². The largest absolute Gasteiger partial charge is 0.388 e. The molecule has 3 N–H and O–H groups in total. The van der Waals surface area contributed by atoms with Crippen LogP contribution in [0.25, 0.3) is 0 Å². The number of hydrogen-bond acceptors (Lipinski definition) is 5. The molecule has 0 bridgehead atoms. The molecule has 5 heteroatoms. The van der Waals surface area contributed by atoms with Crippen molar-refractivity contribution in [1.29, 1.82) is 0 Å². The number of aromatic nitrogens is 2. The molecule has 0 saturated heterocycles. The molecule has 0 spiro atoms.